The first-order chi connectivity index (χ1) is 7.36. The number of nitrogens with one attached hydrogen (secondary N) is 1. The van der Waals surface area contributed by atoms with Crippen molar-refractivity contribution in [1.82, 2.24) is 10.4 Å². The first kappa shape index (κ1) is 12.9. The normalized spacial score (nSPS) is 20.4. The van der Waals surface area contributed by atoms with Crippen LogP contribution in [0.1, 0.15) is 51.9 Å². The van der Waals surface area contributed by atoms with Crippen molar-refractivity contribution in [2.75, 3.05) is 19.6 Å². The summed E-state index contributed by atoms with van der Waals surface area (Å²) in [5, 5.41) is 2.37. The van der Waals surface area contributed by atoms with E-state index in [0.717, 1.165) is 6.54 Å². The highest BCUT2D eigenvalue weighted by Crippen LogP contribution is 2.08. The van der Waals surface area contributed by atoms with Crippen molar-refractivity contribution in [3.8, 4) is 0 Å². The average molecular weight is 213 g/mol. The zero-order valence-corrected chi connectivity index (χ0v) is 10.2. The predicted octanol–water partition coefficient (Wildman–Crippen LogP) is 1.88. The van der Waals surface area contributed by atoms with E-state index < -0.39 is 0 Å². The lowest BCUT2D eigenvalue weighted by atomic mass is 10.1. The number of piperidine rings is 1. The van der Waals surface area contributed by atoms with Gasteiger partial charge in [-0.15, -0.1) is 0 Å². The van der Waals surface area contributed by atoms with E-state index in [0.29, 0.717) is 6.04 Å². The molecule has 0 aromatic carbocycles. The van der Waals surface area contributed by atoms with Gasteiger partial charge in [0.1, 0.15) is 0 Å². The molecule has 0 aromatic rings. The van der Waals surface area contributed by atoms with Crippen LogP contribution < -0.4 is 11.2 Å². The molecule has 1 fully saturated rings. The number of unbranched alkanes of at least 4 members (excludes halogenated alkanes) is 2. The van der Waals surface area contributed by atoms with Crippen LogP contribution in [0.15, 0.2) is 0 Å². The number of rotatable bonds is 7. The van der Waals surface area contributed by atoms with Crippen LogP contribution in [-0.2, 0) is 0 Å². The van der Waals surface area contributed by atoms with Gasteiger partial charge in [0.05, 0.1) is 0 Å². The number of hydrogen-bond acceptors (Lipinski definition) is 3. The number of nitrogens with two attached hydrogens (primary N) is 1. The molecule has 3 N–H and O–H groups in total. The van der Waals surface area contributed by atoms with Gasteiger partial charge in [0.25, 0.3) is 0 Å². The van der Waals surface area contributed by atoms with E-state index in [1.165, 1.54) is 58.0 Å². The number of hydrogen-bond donors (Lipinski definition) is 2. The number of hydrazine groups is 1. The SMILES string of the molecule is CCCCCC(CN)NN1CCCCC1. The first-order valence-electron chi connectivity index (χ1n) is 6.58. The van der Waals surface area contributed by atoms with Crippen LogP contribution in [0.3, 0.4) is 0 Å². The topological polar surface area (TPSA) is 41.3 Å². The Kier molecular flexibility index (Phi) is 6.98. The summed E-state index contributed by atoms with van der Waals surface area (Å²) in [6.45, 7) is 5.41. The summed E-state index contributed by atoms with van der Waals surface area (Å²) in [7, 11) is 0. The van der Waals surface area contributed by atoms with Gasteiger partial charge in [-0.05, 0) is 19.3 Å². The molecule has 1 rings (SSSR count). The molecule has 0 saturated carbocycles. The summed E-state index contributed by atoms with van der Waals surface area (Å²) in [6, 6.07) is 0.495. The van der Waals surface area contributed by atoms with Crippen LogP contribution >= 0.6 is 0 Å². The van der Waals surface area contributed by atoms with Crippen LogP contribution in [-0.4, -0.2) is 30.7 Å². The van der Waals surface area contributed by atoms with Crippen molar-refractivity contribution in [3.63, 3.8) is 0 Å². The maximum atomic E-state index is 5.78. The van der Waals surface area contributed by atoms with E-state index in [9.17, 15) is 0 Å². The van der Waals surface area contributed by atoms with Crippen LogP contribution in [0.4, 0.5) is 0 Å². The molecule has 0 bridgehead atoms. The quantitative estimate of drug-likeness (QED) is 0.635. The Labute approximate surface area is 94.4 Å². The van der Waals surface area contributed by atoms with Crippen LogP contribution in [0, 0.1) is 0 Å². The Hall–Kier alpha value is -0.120. The highest BCUT2D eigenvalue weighted by Gasteiger charge is 2.13. The fraction of sp³-hybridized carbons (Fsp3) is 1.00. The van der Waals surface area contributed by atoms with E-state index in [1.807, 2.05) is 0 Å². The van der Waals surface area contributed by atoms with Gasteiger partial charge in [-0.2, -0.15) is 0 Å². The molecule has 1 aliphatic rings. The van der Waals surface area contributed by atoms with Crippen LogP contribution in [0.25, 0.3) is 0 Å². The Bertz CT molecular complexity index is 144. The standard InChI is InChI=1S/C12H27N3/c1-2-3-5-8-12(11-13)14-15-9-6-4-7-10-15/h12,14H,2-11,13H2,1H3. The van der Waals surface area contributed by atoms with E-state index in [2.05, 4.69) is 17.4 Å². The Morgan fingerprint density at radius 1 is 1.20 bits per heavy atom. The van der Waals surface area contributed by atoms with Gasteiger partial charge in [-0.1, -0.05) is 32.6 Å². The molecule has 0 radical (unpaired) electrons. The molecular weight excluding hydrogens is 186 g/mol. The van der Waals surface area contributed by atoms with Gasteiger partial charge in [0.2, 0.25) is 0 Å². The molecule has 3 heteroatoms. The first-order valence-corrected chi connectivity index (χ1v) is 6.58. The molecule has 15 heavy (non-hydrogen) atoms. The minimum atomic E-state index is 0.495. The molecule has 3 nitrogen and oxygen atoms in total. The van der Waals surface area contributed by atoms with E-state index in [-0.39, 0.29) is 0 Å². The summed E-state index contributed by atoms with van der Waals surface area (Å²) in [4.78, 5) is 0. The van der Waals surface area contributed by atoms with Crippen molar-refractivity contribution < 1.29 is 0 Å². The van der Waals surface area contributed by atoms with Gasteiger partial charge in [-0.3, -0.25) is 5.43 Å². The van der Waals surface area contributed by atoms with Gasteiger partial charge < -0.3 is 5.73 Å². The lowest BCUT2D eigenvalue weighted by Gasteiger charge is -2.31. The fourth-order valence-corrected chi connectivity index (χ4v) is 2.16. The Balaban J connectivity index is 2.13. The van der Waals surface area contributed by atoms with Gasteiger partial charge in [0, 0.05) is 25.7 Å². The van der Waals surface area contributed by atoms with Crippen LogP contribution in [0.2, 0.25) is 0 Å². The third-order valence-corrected chi connectivity index (χ3v) is 3.16. The van der Waals surface area contributed by atoms with Gasteiger partial charge >= 0.3 is 0 Å². The molecule has 1 heterocycles. The molecule has 0 amide bonds. The highest BCUT2D eigenvalue weighted by atomic mass is 15.5. The van der Waals surface area contributed by atoms with Crippen molar-refractivity contribution in [2.45, 2.75) is 57.9 Å². The molecule has 0 spiro atoms. The molecule has 1 saturated heterocycles. The summed E-state index contributed by atoms with van der Waals surface area (Å²) < 4.78 is 0. The molecule has 1 atom stereocenters. The largest absolute Gasteiger partial charge is 0.329 e. The Morgan fingerprint density at radius 2 is 1.93 bits per heavy atom. The maximum absolute atomic E-state index is 5.78. The lowest BCUT2D eigenvalue weighted by Crippen LogP contribution is -2.49. The minimum Gasteiger partial charge on any atom is -0.329 e. The summed E-state index contributed by atoms with van der Waals surface area (Å²) >= 11 is 0. The zero-order chi connectivity index (χ0) is 10.9. The fourth-order valence-electron chi connectivity index (χ4n) is 2.16. The summed E-state index contributed by atoms with van der Waals surface area (Å²) in [6.07, 6.45) is 9.21. The minimum absolute atomic E-state index is 0.495. The molecule has 90 valence electrons. The third kappa shape index (κ3) is 5.50. The molecule has 0 aliphatic carbocycles. The maximum Gasteiger partial charge on any atom is 0.0337 e. The molecule has 1 aliphatic heterocycles. The molecule has 1 unspecified atom stereocenters. The monoisotopic (exact) mass is 213 g/mol. The summed E-state index contributed by atoms with van der Waals surface area (Å²) in [5.41, 5.74) is 9.36. The van der Waals surface area contributed by atoms with Crippen molar-refractivity contribution in [2.24, 2.45) is 5.73 Å². The third-order valence-electron chi connectivity index (χ3n) is 3.16. The van der Waals surface area contributed by atoms with Gasteiger partial charge in [-0.25, -0.2) is 5.01 Å². The second-order valence-electron chi connectivity index (χ2n) is 4.61. The van der Waals surface area contributed by atoms with E-state index >= 15 is 0 Å². The van der Waals surface area contributed by atoms with Gasteiger partial charge in [0.15, 0.2) is 0 Å². The smallest absolute Gasteiger partial charge is 0.0337 e. The van der Waals surface area contributed by atoms with Crippen LogP contribution in [0.5, 0.6) is 0 Å². The second kappa shape index (κ2) is 8.08. The second-order valence-corrected chi connectivity index (χ2v) is 4.61. The summed E-state index contributed by atoms with van der Waals surface area (Å²) in [5.74, 6) is 0. The predicted molar refractivity (Wildman–Crippen MR) is 65.5 cm³/mol. The van der Waals surface area contributed by atoms with Crippen molar-refractivity contribution >= 4 is 0 Å². The van der Waals surface area contributed by atoms with E-state index in [4.69, 9.17) is 5.73 Å². The Morgan fingerprint density at radius 3 is 2.53 bits per heavy atom. The van der Waals surface area contributed by atoms with Crippen molar-refractivity contribution in [1.29, 1.82) is 0 Å². The molecule has 0 aromatic heterocycles. The van der Waals surface area contributed by atoms with Crippen molar-refractivity contribution in [3.05, 3.63) is 0 Å². The zero-order valence-electron chi connectivity index (χ0n) is 10.2. The van der Waals surface area contributed by atoms with E-state index in [1.54, 1.807) is 0 Å². The average Bonchev–Trinajstić information content (AvgIpc) is 2.29. The molecular formula is C12H27N3. The lowest BCUT2D eigenvalue weighted by molar-refractivity contribution is 0.126. The highest BCUT2D eigenvalue weighted by molar-refractivity contribution is 4.69. The number of nitrogens with zero attached hydrogens (tertiary/aromatic N) is 1.